The van der Waals surface area contributed by atoms with E-state index in [4.69, 9.17) is 9.84 Å². The molecule has 2 atom stereocenters. The maximum absolute atomic E-state index is 12.9. The minimum absolute atomic E-state index is 0.0384. The first-order chi connectivity index (χ1) is 12.8. The summed E-state index contributed by atoms with van der Waals surface area (Å²) >= 11 is 0. The summed E-state index contributed by atoms with van der Waals surface area (Å²) < 4.78 is 5.23. The Hall–Kier alpha value is -2.57. The van der Waals surface area contributed by atoms with Crippen LogP contribution in [0.4, 0.5) is 0 Å². The molecule has 0 aliphatic carbocycles. The summed E-state index contributed by atoms with van der Waals surface area (Å²) in [6.07, 6.45) is 2.03. The van der Waals surface area contributed by atoms with Crippen molar-refractivity contribution < 1.29 is 24.2 Å². The van der Waals surface area contributed by atoms with Crippen molar-refractivity contribution in [3.63, 3.8) is 0 Å². The Labute approximate surface area is 159 Å². The molecule has 1 heterocycles. The summed E-state index contributed by atoms with van der Waals surface area (Å²) in [6, 6.07) is 7.34. The minimum atomic E-state index is -1.02. The Morgan fingerprint density at radius 1 is 1.30 bits per heavy atom. The minimum Gasteiger partial charge on any atom is -0.497 e. The lowest BCUT2D eigenvalue weighted by atomic mass is 9.99. The number of carbonyl (C=O) groups is 3. The number of benzene rings is 1. The van der Waals surface area contributed by atoms with Gasteiger partial charge in [0.2, 0.25) is 11.8 Å². The van der Waals surface area contributed by atoms with Crippen LogP contribution in [-0.4, -0.2) is 65.5 Å². The standard InChI is InChI=1S/C20H28N2O5/c1-14(16-6-4-8-18(12-16)27-3)20(26)21-10-5-7-17(9-11-21)22(15(2)23)13-19(24)25/h4,6,8,12,14,17H,5,7,9-11,13H2,1-3H3,(H,24,25). The lowest BCUT2D eigenvalue weighted by molar-refractivity contribution is -0.145. The first-order valence-corrected chi connectivity index (χ1v) is 9.25. The predicted molar refractivity (Wildman–Crippen MR) is 101 cm³/mol. The molecule has 2 rings (SSSR count). The molecule has 0 spiro atoms. The average Bonchev–Trinajstić information content (AvgIpc) is 2.90. The molecule has 0 bridgehead atoms. The Balaban J connectivity index is 2.04. The van der Waals surface area contributed by atoms with Crippen molar-refractivity contribution in [2.45, 2.75) is 45.1 Å². The van der Waals surface area contributed by atoms with Crippen LogP contribution in [0.5, 0.6) is 5.75 Å². The number of hydrogen-bond donors (Lipinski definition) is 1. The molecule has 1 fully saturated rings. The number of aliphatic carboxylic acids is 1. The molecule has 0 saturated carbocycles. The van der Waals surface area contributed by atoms with E-state index in [1.54, 1.807) is 7.11 Å². The lowest BCUT2D eigenvalue weighted by Crippen LogP contribution is -2.43. The highest BCUT2D eigenvalue weighted by Gasteiger charge is 2.29. The molecule has 27 heavy (non-hydrogen) atoms. The molecule has 1 saturated heterocycles. The van der Waals surface area contributed by atoms with E-state index in [1.807, 2.05) is 36.1 Å². The van der Waals surface area contributed by atoms with Crippen molar-refractivity contribution >= 4 is 17.8 Å². The molecule has 0 radical (unpaired) electrons. The second kappa shape index (κ2) is 9.39. The van der Waals surface area contributed by atoms with Gasteiger partial charge in [0.25, 0.3) is 0 Å². The van der Waals surface area contributed by atoms with Gasteiger partial charge in [0.05, 0.1) is 13.0 Å². The van der Waals surface area contributed by atoms with Gasteiger partial charge in [-0.1, -0.05) is 12.1 Å². The smallest absolute Gasteiger partial charge is 0.323 e. The number of carboxylic acids is 1. The third-order valence-electron chi connectivity index (χ3n) is 5.12. The van der Waals surface area contributed by atoms with Crippen LogP contribution in [0.25, 0.3) is 0 Å². The Morgan fingerprint density at radius 3 is 2.67 bits per heavy atom. The van der Waals surface area contributed by atoms with Crippen LogP contribution in [0.3, 0.4) is 0 Å². The highest BCUT2D eigenvalue weighted by Crippen LogP contribution is 2.25. The van der Waals surface area contributed by atoms with E-state index in [1.165, 1.54) is 11.8 Å². The van der Waals surface area contributed by atoms with Crippen LogP contribution in [0, 0.1) is 0 Å². The third kappa shape index (κ3) is 5.45. The zero-order valence-corrected chi connectivity index (χ0v) is 16.2. The van der Waals surface area contributed by atoms with Crippen LogP contribution in [0.2, 0.25) is 0 Å². The maximum Gasteiger partial charge on any atom is 0.323 e. The Kier molecular flexibility index (Phi) is 7.21. The SMILES string of the molecule is COc1cccc(C(C)C(=O)N2CCCC(N(CC(=O)O)C(C)=O)CC2)c1. The number of rotatable bonds is 6. The van der Waals surface area contributed by atoms with Gasteiger partial charge in [-0.05, 0) is 43.9 Å². The molecule has 1 aliphatic rings. The third-order valence-corrected chi connectivity index (χ3v) is 5.12. The average molecular weight is 376 g/mol. The van der Waals surface area contributed by atoms with Gasteiger partial charge in [0.1, 0.15) is 12.3 Å². The van der Waals surface area contributed by atoms with Crippen molar-refractivity contribution in [1.29, 1.82) is 0 Å². The van der Waals surface area contributed by atoms with E-state index < -0.39 is 5.97 Å². The van der Waals surface area contributed by atoms with Gasteiger partial charge in [0, 0.05) is 26.1 Å². The number of carboxylic acid groups (broad SMARTS) is 1. The van der Waals surface area contributed by atoms with Crippen molar-refractivity contribution in [2.75, 3.05) is 26.7 Å². The van der Waals surface area contributed by atoms with E-state index in [9.17, 15) is 14.4 Å². The second-order valence-electron chi connectivity index (χ2n) is 6.95. The van der Waals surface area contributed by atoms with Gasteiger partial charge in [0.15, 0.2) is 0 Å². The van der Waals surface area contributed by atoms with E-state index in [2.05, 4.69) is 0 Å². The molecule has 2 unspecified atom stereocenters. The molecule has 7 heteroatoms. The normalized spacial score (nSPS) is 18.3. The first-order valence-electron chi connectivity index (χ1n) is 9.25. The summed E-state index contributed by atoms with van der Waals surface area (Å²) in [5, 5.41) is 9.05. The van der Waals surface area contributed by atoms with Gasteiger partial charge in [-0.2, -0.15) is 0 Å². The topological polar surface area (TPSA) is 87.2 Å². The maximum atomic E-state index is 12.9. The summed E-state index contributed by atoms with van der Waals surface area (Å²) in [5.74, 6) is -0.800. The van der Waals surface area contributed by atoms with Crippen LogP contribution >= 0.6 is 0 Å². The Bertz CT molecular complexity index is 691. The highest BCUT2D eigenvalue weighted by atomic mass is 16.5. The number of amides is 2. The number of ether oxygens (including phenoxy) is 1. The summed E-state index contributed by atoms with van der Waals surface area (Å²) in [7, 11) is 1.60. The molecule has 1 aromatic rings. The quantitative estimate of drug-likeness (QED) is 0.822. The fourth-order valence-electron chi connectivity index (χ4n) is 3.58. The zero-order chi connectivity index (χ0) is 20.0. The van der Waals surface area contributed by atoms with Crippen molar-refractivity contribution in [3.8, 4) is 5.75 Å². The van der Waals surface area contributed by atoms with Crippen molar-refractivity contribution in [1.82, 2.24) is 9.80 Å². The van der Waals surface area contributed by atoms with E-state index in [-0.39, 0.29) is 30.3 Å². The number of methoxy groups -OCH3 is 1. The second-order valence-corrected chi connectivity index (χ2v) is 6.95. The molecule has 1 aliphatic heterocycles. The van der Waals surface area contributed by atoms with Crippen LogP contribution in [-0.2, 0) is 14.4 Å². The van der Waals surface area contributed by atoms with Gasteiger partial charge < -0.3 is 19.6 Å². The fourth-order valence-corrected chi connectivity index (χ4v) is 3.58. The van der Waals surface area contributed by atoms with Gasteiger partial charge in [-0.15, -0.1) is 0 Å². The summed E-state index contributed by atoms with van der Waals surface area (Å²) in [4.78, 5) is 39.1. The van der Waals surface area contributed by atoms with Crippen molar-refractivity contribution in [2.24, 2.45) is 0 Å². The zero-order valence-electron chi connectivity index (χ0n) is 16.2. The van der Waals surface area contributed by atoms with Gasteiger partial charge >= 0.3 is 5.97 Å². The Morgan fingerprint density at radius 2 is 2.04 bits per heavy atom. The largest absolute Gasteiger partial charge is 0.497 e. The molecule has 7 nitrogen and oxygen atoms in total. The number of nitrogens with zero attached hydrogens (tertiary/aromatic N) is 2. The van der Waals surface area contributed by atoms with Crippen LogP contribution in [0.15, 0.2) is 24.3 Å². The van der Waals surface area contributed by atoms with E-state index in [0.717, 1.165) is 12.0 Å². The fraction of sp³-hybridized carbons (Fsp3) is 0.550. The molecular formula is C20H28N2O5. The number of carbonyl (C=O) groups excluding carboxylic acids is 2. The first kappa shape index (κ1) is 20.7. The number of likely N-dealkylation sites (tertiary alicyclic amines) is 1. The molecular weight excluding hydrogens is 348 g/mol. The van der Waals surface area contributed by atoms with Gasteiger partial charge in [-0.25, -0.2) is 0 Å². The molecule has 1 N–H and O–H groups in total. The summed E-state index contributed by atoms with van der Waals surface area (Å²) in [5.41, 5.74) is 0.899. The summed E-state index contributed by atoms with van der Waals surface area (Å²) in [6.45, 7) is 4.10. The molecule has 2 amide bonds. The lowest BCUT2D eigenvalue weighted by Gasteiger charge is -2.29. The number of hydrogen-bond acceptors (Lipinski definition) is 4. The highest BCUT2D eigenvalue weighted by molar-refractivity contribution is 5.83. The molecule has 0 aromatic heterocycles. The monoisotopic (exact) mass is 376 g/mol. The van der Waals surface area contributed by atoms with E-state index >= 15 is 0 Å². The van der Waals surface area contributed by atoms with Crippen LogP contribution in [0.1, 0.15) is 44.6 Å². The predicted octanol–water partition coefficient (Wildman–Crippen LogP) is 2.11. The molecule has 1 aromatic carbocycles. The molecule has 148 valence electrons. The van der Waals surface area contributed by atoms with Crippen molar-refractivity contribution in [3.05, 3.63) is 29.8 Å². The van der Waals surface area contributed by atoms with Gasteiger partial charge in [-0.3, -0.25) is 14.4 Å². The van der Waals surface area contributed by atoms with E-state index in [0.29, 0.717) is 31.7 Å². The van der Waals surface area contributed by atoms with Crippen LogP contribution < -0.4 is 4.74 Å².